The first-order chi connectivity index (χ1) is 16.2. The van der Waals surface area contributed by atoms with Gasteiger partial charge < -0.3 is 23.9 Å². The lowest BCUT2D eigenvalue weighted by molar-refractivity contribution is -0.143. The van der Waals surface area contributed by atoms with Gasteiger partial charge in [-0.1, -0.05) is 6.07 Å². The molecule has 0 saturated heterocycles. The highest BCUT2D eigenvalue weighted by Gasteiger charge is 2.17. The molecule has 184 valence electrons. The molecule has 0 fully saturated rings. The van der Waals surface area contributed by atoms with Crippen LogP contribution in [0.25, 0.3) is 22.1 Å². The number of furan rings is 1. The van der Waals surface area contributed by atoms with Crippen LogP contribution in [0, 0.1) is 0 Å². The van der Waals surface area contributed by atoms with Crippen molar-refractivity contribution < 1.29 is 33.4 Å². The third-order valence-electron chi connectivity index (χ3n) is 5.30. The number of rotatable bonds is 12. The molecule has 0 radical (unpaired) electrons. The van der Waals surface area contributed by atoms with Crippen LogP contribution in [0.3, 0.4) is 0 Å². The zero-order valence-corrected chi connectivity index (χ0v) is 20.5. The molecule has 2 aromatic rings. The molecule has 1 aromatic heterocycles. The van der Waals surface area contributed by atoms with Gasteiger partial charge in [-0.05, 0) is 69.9 Å². The fraction of sp³-hybridized carbons (Fsp3) is 0.423. The molecule has 0 aliphatic rings. The monoisotopic (exact) mass is 471 g/mol. The molecule has 1 amide bonds. The molecule has 2 rings (SSSR count). The van der Waals surface area contributed by atoms with Crippen molar-refractivity contribution >= 4 is 40.0 Å². The number of carboxylic acid groups (broad SMARTS) is 1. The Kier molecular flexibility index (Phi) is 9.92. The van der Waals surface area contributed by atoms with Crippen LogP contribution in [0.2, 0.25) is 0 Å². The Hall–Kier alpha value is -3.55. The second-order valence-electron chi connectivity index (χ2n) is 7.73. The van der Waals surface area contributed by atoms with Gasteiger partial charge in [0.1, 0.15) is 5.76 Å². The van der Waals surface area contributed by atoms with Crippen LogP contribution in [0.4, 0.5) is 0 Å². The predicted molar refractivity (Wildman–Crippen MR) is 130 cm³/mol. The van der Waals surface area contributed by atoms with Gasteiger partial charge in [-0.25, -0.2) is 4.79 Å². The SMILES string of the molecule is CCOC(=O)CCCOc1ccc(C(C)=CC(=O)N(CC)CC)c2cc(C(C)=CC(=O)O)oc12. The van der Waals surface area contributed by atoms with Crippen molar-refractivity contribution in [2.24, 2.45) is 0 Å². The minimum absolute atomic E-state index is 0.0828. The van der Waals surface area contributed by atoms with Crippen LogP contribution in [-0.4, -0.2) is 54.2 Å². The molecule has 0 bridgehead atoms. The Bertz CT molecular complexity index is 1090. The zero-order chi connectivity index (χ0) is 25.3. The van der Waals surface area contributed by atoms with Crippen LogP contribution in [0.15, 0.2) is 34.8 Å². The summed E-state index contributed by atoms with van der Waals surface area (Å²) in [7, 11) is 0. The highest BCUT2D eigenvalue weighted by atomic mass is 16.5. The molecular weight excluding hydrogens is 438 g/mol. The number of allylic oxidation sites excluding steroid dienone is 2. The van der Waals surface area contributed by atoms with Gasteiger partial charge in [-0.3, -0.25) is 9.59 Å². The summed E-state index contributed by atoms with van der Waals surface area (Å²) >= 11 is 0. The summed E-state index contributed by atoms with van der Waals surface area (Å²) < 4.78 is 16.8. The van der Waals surface area contributed by atoms with Crippen molar-refractivity contribution in [3.05, 3.63) is 41.7 Å². The van der Waals surface area contributed by atoms with E-state index >= 15 is 0 Å². The molecule has 1 aromatic carbocycles. The van der Waals surface area contributed by atoms with E-state index in [-0.39, 0.29) is 24.9 Å². The number of carbonyl (C=O) groups excluding carboxylic acids is 2. The van der Waals surface area contributed by atoms with Crippen molar-refractivity contribution in [3.63, 3.8) is 0 Å². The number of ether oxygens (including phenoxy) is 2. The van der Waals surface area contributed by atoms with Crippen LogP contribution in [0.1, 0.15) is 58.8 Å². The second kappa shape index (κ2) is 12.6. The van der Waals surface area contributed by atoms with E-state index in [4.69, 9.17) is 19.0 Å². The maximum atomic E-state index is 12.6. The molecule has 0 unspecified atom stereocenters. The third kappa shape index (κ3) is 6.97. The topological polar surface area (TPSA) is 106 Å². The molecule has 1 heterocycles. The van der Waals surface area contributed by atoms with Crippen molar-refractivity contribution in [2.75, 3.05) is 26.3 Å². The van der Waals surface area contributed by atoms with E-state index in [1.807, 2.05) is 26.8 Å². The average molecular weight is 472 g/mol. The largest absolute Gasteiger partial charge is 0.490 e. The van der Waals surface area contributed by atoms with Gasteiger partial charge in [0.25, 0.3) is 0 Å². The molecule has 1 N–H and O–H groups in total. The lowest BCUT2D eigenvalue weighted by Gasteiger charge is -2.17. The van der Waals surface area contributed by atoms with E-state index in [0.29, 0.717) is 54.2 Å². The first-order valence-electron chi connectivity index (χ1n) is 11.5. The summed E-state index contributed by atoms with van der Waals surface area (Å²) in [5.74, 6) is -0.570. The summed E-state index contributed by atoms with van der Waals surface area (Å²) in [6, 6.07) is 5.36. The summed E-state index contributed by atoms with van der Waals surface area (Å²) in [4.78, 5) is 37.0. The standard InChI is InChI=1S/C26H33NO7/c1-6-27(7-2)23(28)14-17(4)19-11-12-21(33-13-9-10-25(31)32-8-3)26-20(19)16-22(34-26)18(5)15-24(29)30/h11-12,14-16H,6-10,13H2,1-5H3,(H,29,30). The molecule has 0 aliphatic heterocycles. The van der Waals surface area contributed by atoms with E-state index in [0.717, 1.165) is 17.2 Å². The smallest absolute Gasteiger partial charge is 0.328 e. The molecule has 34 heavy (non-hydrogen) atoms. The lowest BCUT2D eigenvalue weighted by atomic mass is 10.0. The van der Waals surface area contributed by atoms with E-state index in [1.165, 1.54) is 0 Å². The Balaban J connectivity index is 2.43. The van der Waals surface area contributed by atoms with Gasteiger partial charge >= 0.3 is 11.9 Å². The predicted octanol–water partition coefficient (Wildman–Crippen LogP) is 4.91. The van der Waals surface area contributed by atoms with E-state index in [1.54, 1.807) is 37.0 Å². The fourth-order valence-electron chi connectivity index (χ4n) is 3.53. The Morgan fingerprint density at radius 2 is 1.76 bits per heavy atom. The normalized spacial score (nSPS) is 12.0. The van der Waals surface area contributed by atoms with E-state index in [2.05, 4.69) is 0 Å². The minimum Gasteiger partial charge on any atom is -0.490 e. The van der Waals surface area contributed by atoms with Crippen LogP contribution in [-0.2, 0) is 19.1 Å². The molecule has 0 saturated carbocycles. The summed E-state index contributed by atoms with van der Waals surface area (Å²) in [6.07, 6.45) is 3.39. The molecular formula is C26H33NO7. The summed E-state index contributed by atoms with van der Waals surface area (Å²) in [5.41, 5.74) is 2.43. The Morgan fingerprint density at radius 3 is 2.38 bits per heavy atom. The molecule has 0 spiro atoms. The maximum absolute atomic E-state index is 12.6. The number of benzene rings is 1. The summed E-state index contributed by atoms with van der Waals surface area (Å²) in [6.45, 7) is 11.0. The number of aliphatic carboxylic acids is 1. The fourth-order valence-corrected chi connectivity index (χ4v) is 3.53. The number of nitrogens with zero attached hydrogens (tertiary/aromatic N) is 1. The van der Waals surface area contributed by atoms with Gasteiger partial charge in [-0.2, -0.15) is 0 Å². The number of carbonyl (C=O) groups is 3. The van der Waals surface area contributed by atoms with Crippen LogP contribution >= 0.6 is 0 Å². The lowest BCUT2D eigenvalue weighted by Crippen LogP contribution is -2.28. The van der Waals surface area contributed by atoms with Crippen molar-refractivity contribution in [1.29, 1.82) is 0 Å². The van der Waals surface area contributed by atoms with Crippen LogP contribution in [0.5, 0.6) is 5.75 Å². The van der Waals surface area contributed by atoms with Crippen molar-refractivity contribution in [2.45, 2.75) is 47.5 Å². The van der Waals surface area contributed by atoms with Crippen molar-refractivity contribution in [3.8, 4) is 5.75 Å². The highest BCUT2D eigenvalue weighted by Crippen LogP contribution is 2.36. The van der Waals surface area contributed by atoms with Gasteiger partial charge in [0, 0.05) is 37.0 Å². The number of amides is 1. The zero-order valence-electron chi connectivity index (χ0n) is 20.5. The Labute approximate surface area is 199 Å². The average Bonchev–Trinajstić information content (AvgIpc) is 3.23. The number of carboxylic acids is 1. The quantitative estimate of drug-likeness (QED) is 0.266. The number of likely N-dealkylation sites (N-methyl/N-ethyl adjacent to an activating group) is 1. The molecule has 8 heteroatoms. The second-order valence-corrected chi connectivity index (χ2v) is 7.73. The van der Waals surface area contributed by atoms with Gasteiger partial charge in [-0.15, -0.1) is 0 Å². The molecule has 0 atom stereocenters. The number of hydrogen-bond acceptors (Lipinski definition) is 6. The van der Waals surface area contributed by atoms with Gasteiger partial charge in [0.2, 0.25) is 5.91 Å². The Morgan fingerprint density at radius 1 is 1.06 bits per heavy atom. The first kappa shape index (κ1) is 26.7. The maximum Gasteiger partial charge on any atom is 0.328 e. The van der Waals surface area contributed by atoms with Gasteiger partial charge in [0.05, 0.1) is 13.2 Å². The van der Waals surface area contributed by atoms with E-state index < -0.39 is 5.97 Å². The van der Waals surface area contributed by atoms with Gasteiger partial charge in [0.15, 0.2) is 11.3 Å². The minimum atomic E-state index is -1.07. The number of esters is 1. The molecule has 8 nitrogen and oxygen atoms in total. The summed E-state index contributed by atoms with van der Waals surface area (Å²) in [5, 5.41) is 9.82. The molecule has 0 aliphatic carbocycles. The third-order valence-corrected chi connectivity index (χ3v) is 5.30. The van der Waals surface area contributed by atoms with Crippen molar-refractivity contribution in [1.82, 2.24) is 4.90 Å². The number of hydrogen-bond donors (Lipinski definition) is 1. The van der Waals surface area contributed by atoms with Crippen LogP contribution < -0.4 is 4.74 Å². The van der Waals surface area contributed by atoms with E-state index in [9.17, 15) is 14.4 Å². The first-order valence-corrected chi connectivity index (χ1v) is 11.5. The number of fused-ring (bicyclic) bond motifs is 1. The highest BCUT2D eigenvalue weighted by molar-refractivity contribution is 6.02.